The zero-order chi connectivity index (χ0) is 15.3. The molecule has 128 valence electrons. The van der Waals surface area contributed by atoms with E-state index in [0.29, 0.717) is 0 Å². The molecule has 0 amide bonds. The second kappa shape index (κ2) is 13.8. The first-order valence-electron chi connectivity index (χ1n) is 8.19. The van der Waals surface area contributed by atoms with Gasteiger partial charge in [0.25, 0.3) is 0 Å². The molecule has 0 atom stereocenters. The number of aromatic nitrogens is 2. The van der Waals surface area contributed by atoms with Gasteiger partial charge in [0.1, 0.15) is 0 Å². The van der Waals surface area contributed by atoms with Gasteiger partial charge in [-0.2, -0.15) is 5.10 Å². The van der Waals surface area contributed by atoms with Crippen molar-refractivity contribution in [3.63, 3.8) is 0 Å². The van der Waals surface area contributed by atoms with E-state index in [1.54, 1.807) is 0 Å². The molecule has 0 aliphatic carbocycles. The minimum Gasteiger partial charge on any atom is -0.356 e. The molecular formula is C16H32IN5. The molecule has 6 heteroatoms. The zero-order valence-electron chi connectivity index (χ0n) is 14.3. The summed E-state index contributed by atoms with van der Waals surface area (Å²) in [7, 11) is 3.76. The molecule has 0 aliphatic heterocycles. The topological polar surface area (TPSA) is 54.2 Å². The summed E-state index contributed by atoms with van der Waals surface area (Å²) in [6.07, 6.45) is 11.1. The van der Waals surface area contributed by atoms with Crippen molar-refractivity contribution >= 4 is 29.9 Å². The van der Waals surface area contributed by atoms with Crippen molar-refractivity contribution < 1.29 is 0 Å². The number of unbranched alkanes of at least 4 members (excludes halogenated alkanes) is 6. The molecule has 5 nitrogen and oxygen atoms in total. The van der Waals surface area contributed by atoms with Crippen molar-refractivity contribution in [3.05, 3.63) is 18.0 Å². The van der Waals surface area contributed by atoms with Crippen molar-refractivity contribution in [2.75, 3.05) is 13.6 Å². The van der Waals surface area contributed by atoms with Gasteiger partial charge in [-0.1, -0.05) is 45.4 Å². The van der Waals surface area contributed by atoms with Gasteiger partial charge in [-0.15, -0.1) is 24.0 Å². The Labute approximate surface area is 152 Å². The van der Waals surface area contributed by atoms with E-state index >= 15 is 0 Å². The Morgan fingerprint density at radius 2 is 1.82 bits per heavy atom. The maximum atomic E-state index is 4.24. The Hall–Kier alpha value is -0.790. The second-order valence-corrected chi connectivity index (χ2v) is 5.42. The molecule has 0 saturated heterocycles. The lowest BCUT2D eigenvalue weighted by molar-refractivity contribution is 0.583. The minimum atomic E-state index is 0. The fourth-order valence-electron chi connectivity index (χ4n) is 2.26. The number of hydrogen-bond donors (Lipinski definition) is 2. The zero-order valence-corrected chi connectivity index (χ0v) is 16.6. The number of rotatable bonds is 10. The van der Waals surface area contributed by atoms with Crippen LogP contribution in [-0.2, 0) is 13.6 Å². The van der Waals surface area contributed by atoms with E-state index < -0.39 is 0 Å². The highest BCUT2D eigenvalue weighted by molar-refractivity contribution is 14.0. The molecule has 22 heavy (non-hydrogen) atoms. The van der Waals surface area contributed by atoms with Crippen molar-refractivity contribution in [1.29, 1.82) is 0 Å². The molecule has 0 aliphatic rings. The molecule has 1 aromatic rings. The van der Waals surface area contributed by atoms with Gasteiger partial charge < -0.3 is 10.6 Å². The van der Waals surface area contributed by atoms with Crippen LogP contribution in [0.5, 0.6) is 0 Å². The molecular weight excluding hydrogens is 389 g/mol. The van der Waals surface area contributed by atoms with Gasteiger partial charge in [0.2, 0.25) is 0 Å². The molecule has 1 aromatic heterocycles. The van der Waals surface area contributed by atoms with Crippen molar-refractivity contribution in [2.45, 2.75) is 58.4 Å². The number of aliphatic imine (C=N–C) groups is 1. The van der Waals surface area contributed by atoms with Gasteiger partial charge in [-0.25, -0.2) is 0 Å². The molecule has 1 heterocycles. The monoisotopic (exact) mass is 421 g/mol. The van der Waals surface area contributed by atoms with E-state index in [0.717, 1.165) is 24.7 Å². The summed E-state index contributed by atoms with van der Waals surface area (Å²) < 4.78 is 1.87. The van der Waals surface area contributed by atoms with Crippen LogP contribution in [0.15, 0.2) is 17.3 Å². The van der Waals surface area contributed by atoms with Crippen LogP contribution in [0, 0.1) is 0 Å². The van der Waals surface area contributed by atoms with Crippen LogP contribution in [0.3, 0.4) is 0 Å². The molecule has 0 radical (unpaired) electrons. The Kier molecular flexibility index (Phi) is 13.3. The first kappa shape index (κ1) is 21.2. The normalized spacial score (nSPS) is 11.1. The fraction of sp³-hybridized carbons (Fsp3) is 0.750. The maximum Gasteiger partial charge on any atom is 0.191 e. The van der Waals surface area contributed by atoms with E-state index in [4.69, 9.17) is 0 Å². The number of nitrogens with one attached hydrogen (secondary N) is 2. The van der Waals surface area contributed by atoms with E-state index in [1.807, 2.05) is 31.0 Å². The summed E-state index contributed by atoms with van der Waals surface area (Å²) in [4.78, 5) is 4.24. The minimum absolute atomic E-state index is 0. The van der Waals surface area contributed by atoms with E-state index in [-0.39, 0.29) is 24.0 Å². The molecule has 2 N–H and O–H groups in total. The Morgan fingerprint density at radius 1 is 1.14 bits per heavy atom. The lowest BCUT2D eigenvalue weighted by Crippen LogP contribution is -2.37. The predicted molar refractivity (Wildman–Crippen MR) is 105 cm³/mol. The van der Waals surface area contributed by atoms with Crippen LogP contribution >= 0.6 is 24.0 Å². The van der Waals surface area contributed by atoms with Crippen LogP contribution in [0.1, 0.15) is 57.6 Å². The third kappa shape index (κ3) is 9.27. The van der Waals surface area contributed by atoms with Gasteiger partial charge >= 0.3 is 0 Å². The van der Waals surface area contributed by atoms with Gasteiger partial charge in [0, 0.05) is 26.8 Å². The van der Waals surface area contributed by atoms with Crippen LogP contribution in [-0.4, -0.2) is 29.3 Å². The van der Waals surface area contributed by atoms with E-state index in [9.17, 15) is 0 Å². The molecule has 0 aromatic carbocycles. The van der Waals surface area contributed by atoms with Crippen molar-refractivity contribution in [2.24, 2.45) is 12.0 Å². The third-order valence-corrected chi connectivity index (χ3v) is 3.66. The highest BCUT2D eigenvalue weighted by Crippen LogP contribution is 2.06. The SMILES string of the molecule is CCCCCCCCCNC(=NC)NCc1ccnn1C.I. The first-order valence-corrected chi connectivity index (χ1v) is 8.19. The quantitative estimate of drug-likeness (QED) is 0.263. The molecule has 1 rings (SSSR count). The molecule has 0 spiro atoms. The van der Waals surface area contributed by atoms with Crippen LogP contribution in [0.25, 0.3) is 0 Å². The lowest BCUT2D eigenvalue weighted by atomic mass is 10.1. The molecule has 0 bridgehead atoms. The third-order valence-electron chi connectivity index (χ3n) is 3.66. The van der Waals surface area contributed by atoms with E-state index in [1.165, 1.54) is 44.9 Å². The smallest absolute Gasteiger partial charge is 0.191 e. The summed E-state index contributed by atoms with van der Waals surface area (Å²) in [5, 5.41) is 10.8. The van der Waals surface area contributed by atoms with Crippen LogP contribution in [0.2, 0.25) is 0 Å². The second-order valence-electron chi connectivity index (χ2n) is 5.42. The number of guanidine groups is 1. The summed E-state index contributed by atoms with van der Waals surface area (Å²) in [6.45, 7) is 3.99. The van der Waals surface area contributed by atoms with Gasteiger partial charge in [-0.3, -0.25) is 9.67 Å². The lowest BCUT2D eigenvalue weighted by Gasteiger charge is -2.11. The fourth-order valence-corrected chi connectivity index (χ4v) is 2.26. The standard InChI is InChI=1S/C16H31N5.HI/c1-4-5-6-7-8-9-10-12-18-16(17-2)19-14-15-11-13-20-21(15)3;/h11,13H,4-10,12,14H2,1-3H3,(H2,17,18,19);1H. The van der Waals surface area contributed by atoms with Crippen LogP contribution < -0.4 is 10.6 Å². The number of halogens is 1. The average Bonchev–Trinajstić information content (AvgIpc) is 2.90. The summed E-state index contributed by atoms with van der Waals surface area (Å²) >= 11 is 0. The Balaban J connectivity index is 0.00000441. The highest BCUT2D eigenvalue weighted by Gasteiger charge is 2.00. The van der Waals surface area contributed by atoms with Crippen molar-refractivity contribution in [3.8, 4) is 0 Å². The number of aryl methyl sites for hydroxylation is 1. The van der Waals surface area contributed by atoms with Gasteiger partial charge in [0.05, 0.1) is 12.2 Å². The van der Waals surface area contributed by atoms with Crippen LogP contribution in [0.4, 0.5) is 0 Å². The molecule has 0 saturated carbocycles. The first-order chi connectivity index (χ1) is 10.3. The summed E-state index contributed by atoms with van der Waals surface area (Å²) in [5.41, 5.74) is 1.15. The van der Waals surface area contributed by atoms with Gasteiger partial charge in [0.15, 0.2) is 5.96 Å². The largest absolute Gasteiger partial charge is 0.356 e. The molecule has 0 unspecified atom stereocenters. The molecule has 0 fully saturated rings. The highest BCUT2D eigenvalue weighted by atomic mass is 127. The maximum absolute atomic E-state index is 4.24. The Morgan fingerprint density at radius 3 is 2.41 bits per heavy atom. The predicted octanol–water partition coefficient (Wildman–Crippen LogP) is 3.45. The van der Waals surface area contributed by atoms with Crippen molar-refractivity contribution in [1.82, 2.24) is 20.4 Å². The number of hydrogen-bond acceptors (Lipinski definition) is 2. The average molecular weight is 421 g/mol. The van der Waals surface area contributed by atoms with E-state index in [2.05, 4.69) is 27.6 Å². The van der Waals surface area contributed by atoms with Gasteiger partial charge in [-0.05, 0) is 12.5 Å². The summed E-state index contributed by atoms with van der Waals surface area (Å²) in [6, 6.07) is 2.01. The Bertz CT molecular complexity index is 403. The summed E-state index contributed by atoms with van der Waals surface area (Å²) in [5.74, 6) is 0.863. The number of nitrogens with zero attached hydrogens (tertiary/aromatic N) is 3.